The van der Waals surface area contributed by atoms with Gasteiger partial charge in [0.15, 0.2) is 0 Å². The minimum absolute atomic E-state index is 0.106. The lowest BCUT2D eigenvalue weighted by Crippen LogP contribution is -2.47. The van der Waals surface area contributed by atoms with Crippen LogP contribution in [-0.2, 0) is 9.47 Å². The van der Waals surface area contributed by atoms with Gasteiger partial charge in [-0.25, -0.2) is 9.79 Å². The Labute approximate surface area is 191 Å². The second-order valence-electron chi connectivity index (χ2n) is 10.3. The van der Waals surface area contributed by atoms with Crippen LogP contribution in [0.2, 0.25) is 0 Å². The number of likely N-dealkylation sites (N-methyl/N-ethyl adjacent to an activating group) is 1. The van der Waals surface area contributed by atoms with E-state index in [0.29, 0.717) is 19.1 Å². The van der Waals surface area contributed by atoms with Gasteiger partial charge >= 0.3 is 6.09 Å². The van der Waals surface area contributed by atoms with E-state index >= 15 is 0 Å². The number of hydrogen-bond donors (Lipinski definition) is 0. The van der Waals surface area contributed by atoms with Crippen LogP contribution < -0.4 is 4.90 Å². The number of ether oxygens (including phenoxy) is 2. The molecule has 1 aromatic carbocycles. The lowest BCUT2D eigenvalue weighted by Gasteiger charge is -2.37. The Hall–Kier alpha value is -2.41. The molecule has 0 aliphatic carbocycles. The van der Waals surface area contributed by atoms with Crippen LogP contribution in [0.1, 0.15) is 51.7 Å². The quantitative estimate of drug-likeness (QED) is 0.708. The van der Waals surface area contributed by atoms with Crippen molar-refractivity contribution in [2.45, 2.75) is 65.1 Å². The van der Waals surface area contributed by atoms with Crippen molar-refractivity contribution in [3.8, 4) is 0 Å². The predicted octanol–water partition coefficient (Wildman–Crippen LogP) is 4.07. The summed E-state index contributed by atoms with van der Waals surface area (Å²) >= 11 is 0. The summed E-state index contributed by atoms with van der Waals surface area (Å²) in [7, 11) is 2.14. The standard InChI is InChI=1S/C25H36N4O3/c1-16-7-8-18(12-22(16)28(6)20-14-31-15-20)21-13-26-23(27-21)19-9-10-29(17(2)11-19)24(30)32-25(3,4)5/h7-8,12,17,19-20H,9-11,13-15H2,1-6H3/t17?,19-/m0/s1. The molecule has 32 heavy (non-hydrogen) atoms. The number of amidine groups is 1. The van der Waals surface area contributed by atoms with E-state index in [-0.39, 0.29) is 18.1 Å². The summed E-state index contributed by atoms with van der Waals surface area (Å²) in [5.41, 5.74) is 4.17. The molecule has 0 N–H and O–H groups in total. The minimum Gasteiger partial charge on any atom is -0.444 e. The van der Waals surface area contributed by atoms with E-state index in [1.165, 1.54) is 11.3 Å². The number of likely N-dealkylation sites (tertiary alicyclic amines) is 1. The summed E-state index contributed by atoms with van der Waals surface area (Å²) in [4.78, 5) is 26.4. The van der Waals surface area contributed by atoms with Crippen LogP contribution in [0.25, 0.3) is 0 Å². The molecule has 7 heteroatoms. The second kappa shape index (κ2) is 8.85. The third kappa shape index (κ3) is 4.82. The molecule has 2 fully saturated rings. The topological polar surface area (TPSA) is 66.7 Å². The van der Waals surface area contributed by atoms with Crippen LogP contribution in [0.4, 0.5) is 10.5 Å². The van der Waals surface area contributed by atoms with Crippen LogP contribution in [0, 0.1) is 12.8 Å². The largest absolute Gasteiger partial charge is 0.444 e. The van der Waals surface area contributed by atoms with E-state index in [4.69, 9.17) is 19.5 Å². The molecule has 0 bridgehead atoms. The number of piperidine rings is 1. The molecule has 1 amide bonds. The first-order valence-corrected chi connectivity index (χ1v) is 11.7. The lowest BCUT2D eigenvalue weighted by molar-refractivity contribution is 0.00971. The molecule has 0 spiro atoms. The van der Waals surface area contributed by atoms with Crippen molar-refractivity contribution < 1.29 is 14.3 Å². The van der Waals surface area contributed by atoms with E-state index in [1.807, 2.05) is 25.7 Å². The van der Waals surface area contributed by atoms with E-state index in [1.54, 1.807) is 0 Å². The van der Waals surface area contributed by atoms with Gasteiger partial charge in [0.1, 0.15) is 11.4 Å². The molecule has 4 rings (SSSR count). The highest BCUT2D eigenvalue weighted by molar-refractivity contribution is 6.13. The van der Waals surface area contributed by atoms with Crippen molar-refractivity contribution in [3.63, 3.8) is 0 Å². The van der Waals surface area contributed by atoms with Crippen LogP contribution in [0.3, 0.4) is 0 Å². The summed E-state index contributed by atoms with van der Waals surface area (Å²) in [5.74, 6) is 1.21. The summed E-state index contributed by atoms with van der Waals surface area (Å²) in [6.07, 6.45) is 1.50. The first-order chi connectivity index (χ1) is 15.1. The summed E-state index contributed by atoms with van der Waals surface area (Å²) in [6, 6.07) is 7.10. The molecule has 1 unspecified atom stereocenters. The van der Waals surface area contributed by atoms with Gasteiger partial charge in [0.05, 0.1) is 31.5 Å². The second-order valence-corrected chi connectivity index (χ2v) is 10.3. The molecular formula is C25H36N4O3. The van der Waals surface area contributed by atoms with Crippen molar-refractivity contribution in [1.29, 1.82) is 0 Å². The zero-order valence-electron chi connectivity index (χ0n) is 20.2. The molecule has 2 atom stereocenters. The Kier molecular flexibility index (Phi) is 6.30. The highest BCUT2D eigenvalue weighted by Gasteiger charge is 2.34. The number of nitrogens with zero attached hydrogens (tertiary/aromatic N) is 4. The lowest BCUT2D eigenvalue weighted by atomic mass is 9.91. The zero-order valence-corrected chi connectivity index (χ0v) is 20.2. The van der Waals surface area contributed by atoms with E-state index in [2.05, 4.69) is 44.0 Å². The maximum atomic E-state index is 12.5. The fraction of sp³-hybridized carbons (Fsp3) is 0.640. The Bertz CT molecular complexity index is 930. The number of hydrogen-bond acceptors (Lipinski definition) is 6. The molecule has 174 valence electrons. The smallest absolute Gasteiger partial charge is 0.410 e. The molecule has 3 aliphatic heterocycles. The first-order valence-electron chi connectivity index (χ1n) is 11.7. The third-order valence-electron chi connectivity index (χ3n) is 6.60. The van der Waals surface area contributed by atoms with Crippen molar-refractivity contribution >= 4 is 23.3 Å². The van der Waals surface area contributed by atoms with Gasteiger partial charge in [-0.3, -0.25) is 4.99 Å². The van der Waals surface area contributed by atoms with Gasteiger partial charge in [-0.1, -0.05) is 12.1 Å². The highest BCUT2D eigenvalue weighted by atomic mass is 16.6. The average Bonchev–Trinajstić information content (AvgIpc) is 3.15. The van der Waals surface area contributed by atoms with Crippen molar-refractivity contribution in [1.82, 2.24) is 4.90 Å². The molecular weight excluding hydrogens is 404 g/mol. The third-order valence-corrected chi connectivity index (χ3v) is 6.60. The number of anilines is 1. The Morgan fingerprint density at radius 3 is 2.66 bits per heavy atom. The van der Waals surface area contributed by atoms with E-state index in [9.17, 15) is 4.79 Å². The average molecular weight is 441 g/mol. The van der Waals surface area contributed by atoms with Gasteiger partial charge in [-0.05, 0) is 59.1 Å². The number of carbonyl (C=O) groups excluding carboxylic acids is 1. The Balaban J connectivity index is 1.42. The predicted molar refractivity (Wildman–Crippen MR) is 128 cm³/mol. The van der Waals surface area contributed by atoms with Gasteiger partial charge < -0.3 is 19.3 Å². The Morgan fingerprint density at radius 2 is 2.03 bits per heavy atom. The van der Waals surface area contributed by atoms with Crippen molar-refractivity contribution in [2.24, 2.45) is 15.9 Å². The fourth-order valence-corrected chi connectivity index (χ4v) is 4.55. The van der Waals surface area contributed by atoms with Gasteiger partial charge in [0.2, 0.25) is 0 Å². The SMILES string of the molecule is Cc1ccc(C2=NC([C@H]3CCN(C(=O)OC(C)(C)C)C(C)C3)=NC2)cc1N(C)C1COC1. The summed E-state index contributed by atoms with van der Waals surface area (Å²) in [6.45, 7) is 12.8. The number of rotatable bonds is 4. The molecule has 0 saturated carbocycles. The van der Waals surface area contributed by atoms with Crippen LogP contribution in [-0.4, -0.2) is 73.6 Å². The molecule has 7 nitrogen and oxygen atoms in total. The monoisotopic (exact) mass is 440 g/mol. The van der Waals surface area contributed by atoms with Gasteiger partial charge in [0, 0.05) is 36.8 Å². The van der Waals surface area contributed by atoms with E-state index in [0.717, 1.165) is 43.2 Å². The number of aryl methyl sites for hydroxylation is 1. The van der Waals surface area contributed by atoms with Gasteiger partial charge in [0.25, 0.3) is 0 Å². The molecule has 0 radical (unpaired) electrons. The molecule has 3 heterocycles. The van der Waals surface area contributed by atoms with Gasteiger partial charge in [-0.2, -0.15) is 0 Å². The first kappa shape index (κ1) is 22.8. The van der Waals surface area contributed by atoms with Crippen LogP contribution >= 0.6 is 0 Å². The number of benzene rings is 1. The van der Waals surface area contributed by atoms with Crippen LogP contribution in [0.15, 0.2) is 28.2 Å². The van der Waals surface area contributed by atoms with Crippen LogP contribution in [0.5, 0.6) is 0 Å². The number of aliphatic imine (C=N–C) groups is 2. The maximum Gasteiger partial charge on any atom is 0.410 e. The molecule has 1 aromatic rings. The van der Waals surface area contributed by atoms with Crippen molar-refractivity contribution in [3.05, 3.63) is 29.3 Å². The fourth-order valence-electron chi connectivity index (χ4n) is 4.55. The zero-order chi connectivity index (χ0) is 23.0. The Morgan fingerprint density at radius 1 is 1.28 bits per heavy atom. The maximum absolute atomic E-state index is 12.5. The summed E-state index contributed by atoms with van der Waals surface area (Å²) in [5, 5.41) is 0. The summed E-state index contributed by atoms with van der Waals surface area (Å²) < 4.78 is 10.9. The molecule has 2 saturated heterocycles. The molecule has 3 aliphatic rings. The van der Waals surface area contributed by atoms with Gasteiger partial charge in [-0.15, -0.1) is 0 Å². The normalized spacial score (nSPS) is 24.0. The van der Waals surface area contributed by atoms with E-state index < -0.39 is 5.60 Å². The minimum atomic E-state index is -0.477. The van der Waals surface area contributed by atoms with Crippen molar-refractivity contribution in [2.75, 3.05) is 38.3 Å². The number of carbonyl (C=O) groups is 1. The highest BCUT2D eigenvalue weighted by Crippen LogP contribution is 2.29. The molecule has 0 aromatic heterocycles. The number of amides is 1.